The van der Waals surface area contributed by atoms with Crippen LogP contribution in [0.5, 0.6) is 0 Å². The smallest absolute Gasteiger partial charge is 0.336 e. The third-order valence-corrected chi connectivity index (χ3v) is 11.9. The summed E-state index contributed by atoms with van der Waals surface area (Å²) in [6.45, 7) is 23.1. The molecular weight excluding hydrogens is 312 g/mol. The van der Waals surface area contributed by atoms with E-state index in [1.165, 1.54) is 0 Å². The van der Waals surface area contributed by atoms with Crippen LogP contribution >= 0.6 is 0 Å². The molecule has 0 spiro atoms. The van der Waals surface area contributed by atoms with E-state index in [9.17, 15) is 0 Å². The molecule has 0 aromatic carbocycles. The van der Waals surface area contributed by atoms with Gasteiger partial charge in [0.1, 0.15) is 16.5 Å². The van der Waals surface area contributed by atoms with E-state index < -0.39 is 25.0 Å². The first kappa shape index (κ1) is 21.5. The van der Waals surface area contributed by atoms with Gasteiger partial charge in [-0.1, -0.05) is 59.6 Å². The van der Waals surface area contributed by atoms with Gasteiger partial charge in [0.2, 0.25) is 0 Å². The molecule has 0 radical (unpaired) electrons. The molecule has 7 heteroatoms. The van der Waals surface area contributed by atoms with Gasteiger partial charge < -0.3 is 13.5 Å². The lowest BCUT2D eigenvalue weighted by molar-refractivity contribution is -0.0285. The minimum Gasteiger partial charge on any atom is -0.381 e. The zero-order valence-corrected chi connectivity index (χ0v) is 18.8. The summed E-state index contributed by atoms with van der Waals surface area (Å²) in [4.78, 5) is 2.16. The summed E-state index contributed by atoms with van der Waals surface area (Å²) < 4.78 is 15.2. The van der Waals surface area contributed by atoms with Gasteiger partial charge in [-0.2, -0.15) is 0 Å². The number of rotatable bonds is 5. The maximum absolute atomic E-state index is 5.75. The normalized spacial score (nSPS) is 19.9. The first-order valence-corrected chi connectivity index (χ1v) is 17.7. The van der Waals surface area contributed by atoms with Crippen molar-refractivity contribution >= 4 is 25.0 Å². The molecule has 0 aliphatic carbocycles. The van der Waals surface area contributed by atoms with E-state index in [4.69, 9.17) is 8.85 Å². The second kappa shape index (κ2) is 8.95. The quantitative estimate of drug-likeness (QED) is 0.760. The Morgan fingerprint density at radius 2 is 1.38 bits per heavy atom. The molecule has 1 N–H and O–H groups in total. The van der Waals surface area contributed by atoms with Crippen molar-refractivity contribution in [2.75, 3.05) is 20.0 Å². The van der Waals surface area contributed by atoms with Crippen LogP contribution in [0.25, 0.3) is 0 Å². The summed E-state index contributed by atoms with van der Waals surface area (Å²) in [5.74, 6) is 0. The summed E-state index contributed by atoms with van der Waals surface area (Å²) in [5.41, 5.74) is 0. The van der Waals surface area contributed by atoms with Crippen LogP contribution in [-0.2, 0) is 8.85 Å². The van der Waals surface area contributed by atoms with Crippen LogP contribution in [0.2, 0.25) is 51.9 Å². The number of hydrogen-bond donors (Lipinski definition) is 1. The highest BCUT2D eigenvalue weighted by Gasteiger charge is 2.34. The first-order valence-electron chi connectivity index (χ1n) is 8.20. The summed E-state index contributed by atoms with van der Waals surface area (Å²) in [6, 6.07) is 1.12. The topological polar surface area (TPSA) is 33.7 Å². The monoisotopic (exact) mass is 350 g/mol. The van der Waals surface area contributed by atoms with Gasteiger partial charge in [0.15, 0.2) is 0 Å². The molecule has 0 atom stereocenters. The Bertz CT molecular complexity index is 271. The van der Waals surface area contributed by atoms with E-state index in [0.29, 0.717) is 0 Å². The second-order valence-electron chi connectivity index (χ2n) is 8.04. The lowest BCUT2D eigenvalue weighted by Gasteiger charge is -2.37. The SMILES string of the molecule is CCC[Si]1(C)OCN(CC)CO1.C[Si](C)(C)N[Si](C)(C)C. The Morgan fingerprint density at radius 3 is 1.62 bits per heavy atom. The van der Waals surface area contributed by atoms with Crippen molar-refractivity contribution in [1.82, 2.24) is 9.55 Å². The second-order valence-corrected chi connectivity index (χ2v) is 21.4. The maximum Gasteiger partial charge on any atom is 0.336 e. The predicted molar refractivity (Wildman–Crippen MR) is 101 cm³/mol. The fraction of sp³-hybridized carbons (Fsp3) is 1.00. The lowest BCUT2D eigenvalue weighted by Crippen LogP contribution is -2.55. The Kier molecular flexibility index (Phi) is 9.16. The molecule has 1 aliphatic rings. The molecular formula is C14H38N2O2Si3. The molecule has 0 bridgehead atoms. The van der Waals surface area contributed by atoms with E-state index in [0.717, 1.165) is 32.5 Å². The molecule has 21 heavy (non-hydrogen) atoms. The minimum atomic E-state index is -1.74. The molecule has 4 nitrogen and oxygen atoms in total. The van der Waals surface area contributed by atoms with Crippen LogP contribution in [0, 0.1) is 0 Å². The summed E-state index contributed by atoms with van der Waals surface area (Å²) >= 11 is 0. The van der Waals surface area contributed by atoms with Crippen LogP contribution < -0.4 is 4.65 Å². The third kappa shape index (κ3) is 11.7. The van der Waals surface area contributed by atoms with Gasteiger partial charge in [0.05, 0.1) is 13.5 Å². The van der Waals surface area contributed by atoms with E-state index in [1.54, 1.807) is 0 Å². The molecule has 128 valence electrons. The lowest BCUT2D eigenvalue weighted by atomic mass is 10.6. The van der Waals surface area contributed by atoms with Gasteiger partial charge in [-0.15, -0.1) is 0 Å². The molecule has 1 fully saturated rings. The predicted octanol–water partition coefficient (Wildman–Crippen LogP) is 4.00. The van der Waals surface area contributed by atoms with Crippen LogP contribution in [0.1, 0.15) is 20.3 Å². The average Bonchev–Trinajstić information content (AvgIpc) is 2.26. The molecule has 0 saturated carbocycles. The molecule has 0 aromatic rings. The minimum absolute atomic E-state index is 0.763. The number of nitrogens with one attached hydrogen (secondary N) is 1. The highest BCUT2D eigenvalue weighted by molar-refractivity contribution is 6.90. The summed E-state index contributed by atoms with van der Waals surface area (Å²) in [7, 11) is -3.70. The molecule has 1 heterocycles. The molecule has 0 unspecified atom stereocenters. The molecule has 0 amide bonds. The van der Waals surface area contributed by atoms with Crippen molar-refractivity contribution < 1.29 is 8.85 Å². The van der Waals surface area contributed by atoms with Gasteiger partial charge >= 0.3 is 8.56 Å². The maximum atomic E-state index is 5.75. The van der Waals surface area contributed by atoms with E-state index in [-0.39, 0.29) is 0 Å². The Hall–Kier alpha value is 0.491. The van der Waals surface area contributed by atoms with Gasteiger partial charge in [-0.05, 0) is 19.1 Å². The fourth-order valence-electron chi connectivity index (χ4n) is 2.44. The van der Waals surface area contributed by atoms with E-state index in [1.807, 2.05) is 0 Å². The first-order chi connectivity index (χ1) is 9.41. The standard InChI is InChI=1S/C8H19NO2Si.C6H19NSi2/c1-4-6-12(3)10-7-9(5-2)8-11-12;1-8(2,3)7-9(4,5)6/h4-8H2,1-3H3;7H,1-6H3. The summed E-state index contributed by atoms with van der Waals surface area (Å²) in [5, 5.41) is 0. The molecule has 1 saturated heterocycles. The number of nitrogens with zero attached hydrogens (tertiary/aromatic N) is 1. The zero-order chi connectivity index (χ0) is 16.7. The van der Waals surface area contributed by atoms with Crippen molar-refractivity contribution in [3.8, 4) is 0 Å². The van der Waals surface area contributed by atoms with Gasteiger partial charge in [-0.3, -0.25) is 4.90 Å². The average molecular weight is 351 g/mol. The highest BCUT2D eigenvalue weighted by Crippen LogP contribution is 2.19. The van der Waals surface area contributed by atoms with Gasteiger partial charge in [0, 0.05) is 0 Å². The van der Waals surface area contributed by atoms with Crippen LogP contribution in [0.15, 0.2) is 0 Å². The molecule has 1 aliphatic heterocycles. The number of hydrogen-bond acceptors (Lipinski definition) is 4. The van der Waals surface area contributed by atoms with Crippen molar-refractivity contribution in [3.05, 3.63) is 0 Å². The molecule has 0 aromatic heterocycles. The van der Waals surface area contributed by atoms with E-state index >= 15 is 0 Å². The highest BCUT2D eigenvalue weighted by atomic mass is 28.4. The Labute approximate surface area is 136 Å². The van der Waals surface area contributed by atoms with Gasteiger partial charge in [0.25, 0.3) is 0 Å². The Morgan fingerprint density at radius 1 is 0.952 bits per heavy atom. The third-order valence-electron chi connectivity index (χ3n) is 3.01. The molecule has 1 rings (SSSR count). The van der Waals surface area contributed by atoms with E-state index in [2.05, 4.69) is 69.2 Å². The van der Waals surface area contributed by atoms with Crippen LogP contribution in [0.3, 0.4) is 0 Å². The summed E-state index contributed by atoms with van der Waals surface area (Å²) in [6.07, 6.45) is 1.16. The largest absolute Gasteiger partial charge is 0.381 e. The van der Waals surface area contributed by atoms with Crippen LogP contribution in [-0.4, -0.2) is 49.9 Å². The van der Waals surface area contributed by atoms with Gasteiger partial charge in [-0.25, -0.2) is 0 Å². The van der Waals surface area contributed by atoms with Crippen molar-refractivity contribution in [3.63, 3.8) is 0 Å². The van der Waals surface area contributed by atoms with Crippen LogP contribution in [0.4, 0.5) is 0 Å². The van der Waals surface area contributed by atoms with Crippen molar-refractivity contribution in [1.29, 1.82) is 0 Å². The zero-order valence-electron chi connectivity index (χ0n) is 15.8. The van der Waals surface area contributed by atoms with Crippen molar-refractivity contribution in [2.24, 2.45) is 0 Å². The van der Waals surface area contributed by atoms with Crippen molar-refractivity contribution in [2.45, 2.75) is 72.1 Å². The Balaban J connectivity index is 0.000000400. The fourth-order valence-corrected chi connectivity index (χ4v) is 13.6.